The summed E-state index contributed by atoms with van der Waals surface area (Å²) >= 11 is 6.04. The van der Waals surface area contributed by atoms with Gasteiger partial charge in [-0.1, -0.05) is 44.2 Å². The third-order valence-corrected chi connectivity index (χ3v) is 9.10. The molecule has 2 aliphatic rings. The summed E-state index contributed by atoms with van der Waals surface area (Å²) in [4.78, 5) is 15.4. The molecule has 7 nitrogen and oxygen atoms in total. The van der Waals surface area contributed by atoms with Gasteiger partial charge >= 0.3 is 0 Å². The summed E-state index contributed by atoms with van der Waals surface area (Å²) in [5.41, 5.74) is 0.322. The van der Waals surface area contributed by atoms with Gasteiger partial charge < -0.3 is 10.1 Å². The molecule has 1 aromatic carbocycles. The predicted molar refractivity (Wildman–Crippen MR) is 135 cm³/mol. The number of piperazine rings is 1. The first kappa shape index (κ1) is 28.2. The Morgan fingerprint density at radius 2 is 1.76 bits per heavy atom. The Kier molecular flexibility index (Phi) is 10.7. The van der Waals surface area contributed by atoms with Gasteiger partial charge in [-0.15, -0.1) is 12.4 Å². The first-order valence-corrected chi connectivity index (χ1v) is 13.6. The lowest BCUT2D eigenvalue weighted by molar-refractivity contribution is 0.0391. The summed E-state index contributed by atoms with van der Waals surface area (Å²) in [6, 6.07) is 5.03. The summed E-state index contributed by atoms with van der Waals surface area (Å²) in [5, 5.41) is 3.68. The highest BCUT2D eigenvalue weighted by Gasteiger charge is 2.40. The number of methoxy groups -OCH3 is 1. The fourth-order valence-corrected chi connectivity index (χ4v) is 6.67. The minimum absolute atomic E-state index is 0. The van der Waals surface area contributed by atoms with E-state index in [4.69, 9.17) is 16.3 Å². The molecule has 0 bridgehead atoms. The quantitative estimate of drug-likeness (QED) is 0.523. The molecule has 1 amide bonds. The Morgan fingerprint density at radius 1 is 1.12 bits per heavy atom. The Morgan fingerprint density at radius 3 is 2.33 bits per heavy atom. The van der Waals surface area contributed by atoms with E-state index in [9.17, 15) is 13.2 Å². The Bertz CT molecular complexity index is 882. The normalized spacial score (nSPS) is 19.8. The smallest absolute Gasteiger partial charge is 0.255 e. The number of hydrogen-bond acceptors (Lipinski definition) is 5. The van der Waals surface area contributed by atoms with Gasteiger partial charge in [0.05, 0.1) is 18.4 Å². The van der Waals surface area contributed by atoms with Crippen LogP contribution >= 0.6 is 24.0 Å². The van der Waals surface area contributed by atoms with Crippen molar-refractivity contribution >= 4 is 39.9 Å². The van der Waals surface area contributed by atoms with Crippen LogP contribution in [-0.4, -0.2) is 74.7 Å². The third kappa shape index (κ3) is 6.98. The monoisotopic (exact) mass is 521 g/mol. The van der Waals surface area contributed by atoms with E-state index < -0.39 is 10.0 Å². The first-order chi connectivity index (χ1) is 15.3. The Balaban J connectivity index is 0.00000385. The highest BCUT2D eigenvalue weighted by atomic mass is 35.5. The second-order valence-electron chi connectivity index (χ2n) is 8.87. The molecule has 1 aliphatic heterocycles. The lowest BCUT2D eigenvalue weighted by Gasteiger charge is -2.47. The number of carbonyl (C=O) groups is 1. The fraction of sp³-hybridized carbons (Fsp3) is 0.696. The summed E-state index contributed by atoms with van der Waals surface area (Å²) in [6.07, 6.45) is 7.28. The second kappa shape index (κ2) is 12.6. The number of nitrogens with one attached hydrogen (secondary N) is 1. The topological polar surface area (TPSA) is 79.0 Å². The molecule has 0 radical (unpaired) electrons. The molecule has 188 valence electrons. The molecular formula is C23H37Cl2N3O4S. The van der Waals surface area contributed by atoms with Crippen LogP contribution in [0.1, 0.15) is 62.2 Å². The van der Waals surface area contributed by atoms with Gasteiger partial charge in [0, 0.05) is 43.3 Å². The number of rotatable bonds is 8. The number of sulfonamides is 1. The van der Waals surface area contributed by atoms with Crippen LogP contribution in [-0.2, 0) is 10.0 Å². The van der Waals surface area contributed by atoms with Crippen molar-refractivity contribution in [3.8, 4) is 5.75 Å². The number of nitrogens with zero attached hydrogens (tertiary/aromatic N) is 2. The molecule has 2 fully saturated rings. The minimum atomic E-state index is -3.18. The molecule has 0 unspecified atom stereocenters. The zero-order valence-electron chi connectivity index (χ0n) is 19.6. The highest BCUT2D eigenvalue weighted by Crippen LogP contribution is 2.34. The van der Waals surface area contributed by atoms with Crippen LogP contribution in [0.15, 0.2) is 18.2 Å². The Hall–Kier alpha value is -1.06. The van der Waals surface area contributed by atoms with Gasteiger partial charge in [0.2, 0.25) is 10.0 Å². The maximum absolute atomic E-state index is 13.0. The van der Waals surface area contributed by atoms with E-state index in [1.807, 2.05) is 6.92 Å². The van der Waals surface area contributed by atoms with Crippen molar-refractivity contribution in [2.24, 2.45) is 0 Å². The molecule has 1 heterocycles. The van der Waals surface area contributed by atoms with Gasteiger partial charge in [-0.3, -0.25) is 9.69 Å². The molecule has 1 aliphatic carbocycles. The van der Waals surface area contributed by atoms with Crippen molar-refractivity contribution in [3.63, 3.8) is 0 Å². The van der Waals surface area contributed by atoms with Gasteiger partial charge in [-0.25, -0.2) is 8.42 Å². The van der Waals surface area contributed by atoms with Crippen LogP contribution in [0.3, 0.4) is 0 Å². The molecule has 1 saturated carbocycles. The van der Waals surface area contributed by atoms with Crippen LogP contribution in [0, 0.1) is 0 Å². The molecule has 1 N–H and O–H groups in total. The molecule has 0 atom stereocenters. The van der Waals surface area contributed by atoms with Crippen molar-refractivity contribution in [1.82, 2.24) is 14.5 Å². The molecule has 3 rings (SSSR count). The maximum atomic E-state index is 13.0. The minimum Gasteiger partial charge on any atom is -0.496 e. The van der Waals surface area contributed by atoms with Gasteiger partial charge in [0.25, 0.3) is 5.91 Å². The number of ether oxygens (including phenoxy) is 1. The first-order valence-electron chi connectivity index (χ1n) is 11.7. The van der Waals surface area contributed by atoms with Crippen LogP contribution in [0.2, 0.25) is 5.02 Å². The Labute approximate surface area is 209 Å². The van der Waals surface area contributed by atoms with Gasteiger partial charge in [0.1, 0.15) is 5.75 Å². The average molecular weight is 523 g/mol. The average Bonchev–Trinajstić information content (AvgIpc) is 3.04. The lowest BCUT2D eigenvalue weighted by Crippen LogP contribution is -2.61. The standard InChI is InChI=1S/C23H36ClN3O4S.ClH/c1-3-16-32(29,30)27-14-12-26(13-15-27)23(10-6-4-5-7-11-23)18-25-22(28)20-9-8-19(24)17-21(20)31-2;/h8-9,17H,3-7,10-16,18H2,1-2H3,(H,25,28);1H. The zero-order chi connectivity index (χ0) is 23.2. The van der Waals surface area contributed by atoms with Crippen molar-refractivity contribution in [2.75, 3.05) is 45.6 Å². The maximum Gasteiger partial charge on any atom is 0.255 e. The van der Waals surface area contributed by atoms with Crippen molar-refractivity contribution in [1.29, 1.82) is 0 Å². The van der Waals surface area contributed by atoms with Gasteiger partial charge in [-0.2, -0.15) is 4.31 Å². The number of amides is 1. The molecule has 10 heteroatoms. The fourth-order valence-electron chi connectivity index (χ4n) is 5.01. The van der Waals surface area contributed by atoms with E-state index in [1.54, 1.807) is 22.5 Å². The van der Waals surface area contributed by atoms with Crippen molar-refractivity contribution < 1.29 is 17.9 Å². The zero-order valence-corrected chi connectivity index (χ0v) is 22.0. The molecule has 1 aromatic rings. The van der Waals surface area contributed by atoms with Crippen molar-refractivity contribution in [3.05, 3.63) is 28.8 Å². The molecule has 0 aromatic heterocycles. The number of benzene rings is 1. The molecular weight excluding hydrogens is 485 g/mol. The summed E-state index contributed by atoms with van der Waals surface area (Å²) < 4.78 is 32.0. The van der Waals surface area contributed by atoms with Crippen molar-refractivity contribution in [2.45, 2.75) is 57.4 Å². The number of halogens is 2. The predicted octanol–water partition coefficient (Wildman–Crippen LogP) is 3.95. The van der Waals surface area contributed by atoms with Crippen LogP contribution in [0.4, 0.5) is 0 Å². The van der Waals surface area contributed by atoms with E-state index in [0.717, 1.165) is 25.7 Å². The highest BCUT2D eigenvalue weighted by molar-refractivity contribution is 7.89. The summed E-state index contributed by atoms with van der Waals surface area (Å²) in [5.74, 6) is 0.489. The SMILES string of the molecule is CCCS(=O)(=O)N1CCN(C2(CNC(=O)c3ccc(Cl)cc3OC)CCCCCC2)CC1.Cl. The van der Waals surface area contributed by atoms with E-state index in [1.165, 1.54) is 20.0 Å². The van der Waals surface area contributed by atoms with E-state index in [0.29, 0.717) is 55.5 Å². The van der Waals surface area contributed by atoms with Crippen LogP contribution < -0.4 is 10.1 Å². The van der Waals surface area contributed by atoms with E-state index in [-0.39, 0.29) is 29.6 Å². The van der Waals surface area contributed by atoms with Gasteiger partial charge in [0.15, 0.2) is 0 Å². The third-order valence-electron chi connectivity index (χ3n) is 6.79. The lowest BCUT2D eigenvalue weighted by atomic mass is 9.87. The second-order valence-corrected chi connectivity index (χ2v) is 11.4. The van der Waals surface area contributed by atoms with Gasteiger partial charge in [-0.05, 0) is 37.5 Å². The largest absolute Gasteiger partial charge is 0.496 e. The van der Waals surface area contributed by atoms with Crippen LogP contribution in [0.25, 0.3) is 0 Å². The van der Waals surface area contributed by atoms with E-state index in [2.05, 4.69) is 10.2 Å². The van der Waals surface area contributed by atoms with Crippen LogP contribution in [0.5, 0.6) is 5.75 Å². The number of carbonyl (C=O) groups excluding carboxylic acids is 1. The molecule has 0 spiro atoms. The summed E-state index contributed by atoms with van der Waals surface area (Å²) in [6.45, 7) is 4.87. The summed E-state index contributed by atoms with van der Waals surface area (Å²) in [7, 11) is -1.65. The molecule has 1 saturated heterocycles. The molecule has 33 heavy (non-hydrogen) atoms. The van der Waals surface area contributed by atoms with E-state index >= 15 is 0 Å². The number of hydrogen-bond donors (Lipinski definition) is 1.